The van der Waals surface area contributed by atoms with Crippen molar-refractivity contribution in [1.82, 2.24) is 0 Å². The van der Waals surface area contributed by atoms with Crippen molar-refractivity contribution in [3.8, 4) is 44.5 Å². The van der Waals surface area contributed by atoms with Crippen LogP contribution in [0.25, 0.3) is 44.5 Å². The van der Waals surface area contributed by atoms with Crippen LogP contribution >= 0.6 is 105 Å². The van der Waals surface area contributed by atoms with Gasteiger partial charge in [-0.1, -0.05) is 177 Å². The Bertz CT molecular complexity index is 1910. The third kappa shape index (κ3) is 6.72. The fraction of sp³-hybridized carbons (Fsp3) is 0. The summed E-state index contributed by atoms with van der Waals surface area (Å²) in [6.45, 7) is 0. The van der Waals surface area contributed by atoms with Gasteiger partial charge in [-0.2, -0.15) is 0 Å². The van der Waals surface area contributed by atoms with E-state index in [1.165, 1.54) is 11.8 Å². The van der Waals surface area contributed by atoms with Crippen LogP contribution in [0.5, 0.6) is 0 Å². The zero-order valence-corrected chi connectivity index (χ0v) is 29.7. The molecule has 0 aliphatic rings. The van der Waals surface area contributed by atoms with Crippen LogP contribution in [0.1, 0.15) is 0 Å². The van der Waals surface area contributed by atoms with Crippen molar-refractivity contribution in [2.24, 2.45) is 0 Å². The zero-order valence-electron chi connectivity index (χ0n) is 22.8. The average Bonchev–Trinajstić information content (AvgIpc) is 3.04. The Balaban J connectivity index is 1.69. The van der Waals surface area contributed by atoms with Gasteiger partial charge in [0, 0.05) is 32.0 Å². The summed E-state index contributed by atoms with van der Waals surface area (Å²) in [5, 5.41) is 3.31. The van der Waals surface area contributed by atoms with E-state index in [9.17, 15) is 0 Å². The standard InChI is InChI=1S/C36H18Cl8S/c37-23-13-11-21(15-25(23)39)31-29(17-27(41)35(43)33(31)19-7-3-1-4-8-19)45-30-18-28(42)36(44)34(20-9-5-2-6-10-20)32(30)22-12-14-24(38)26(40)16-22/h1-18H. The molecule has 9 heteroatoms. The van der Waals surface area contributed by atoms with E-state index in [1.807, 2.05) is 97.1 Å². The molecule has 0 spiro atoms. The van der Waals surface area contributed by atoms with Crippen LogP contribution in [0.15, 0.2) is 119 Å². The van der Waals surface area contributed by atoms with E-state index < -0.39 is 0 Å². The highest BCUT2D eigenvalue weighted by Gasteiger charge is 2.25. The summed E-state index contributed by atoms with van der Waals surface area (Å²) in [5.74, 6) is 0. The Kier molecular flexibility index (Phi) is 10.2. The second-order valence-electron chi connectivity index (χ2n) is 9.93. The highest BCUT2D eigenvalue weighted by Crippen LogP contribution is 2.53. The molecule has 45 heavy (non-hydrogen) atoms. The molecule has 0 nitrogen and oxygen atoms in total. The lowest BCUT2D eigenvalue weighted by molar-refractivity contribution is 1.39. The molecule has 0 aliphatic carbocycles. The van der Waals surface area contributed by atoms with Gasteiger partial charge in [0.05, 0.1) is 40.2 Å². The summed E-state index contributed by atoms with van der Waals surface area (Å²) >= 11 is 54.9. The number of rotatable bonds is 6. The largest absolute Gasteiger partial charge is 0.0886 e. The van der Waals surface area contributed by atoms with Gasteiger partial charge >= 0.3 is 0 Å². The van der Waals surface area contributed by atoms with Crippen molar-refractivity contribution in [2.45, 2.75) is 9.79 Å². The molecule has 0 unspecified atom stereocenters. The number of halogens is 8. The SMILES string of the molecule is Clc1ccc(-c2c(Sc3cc(Cl)c(Cl)c(-c4ccccc4)c3-c3ccc(Cl)c(Cl)c3)cc(Cl)c(Cl)c2-c2ccccc2)cc1Cl. The third-order valence-corrected chi connectivity index (χ3v) is 11.3. The molecule has 0 aliphatic heterocycles. The molecule has 0 radical (unpaired) electrons. The molecule has 0 saturated carbocycles. The van der Waals surface area contributed by atoms with Crippen LogP contribution in [0.4, 0.5) is 0 Å². The molecule has 0 atom stereocenters. The summed E-state index contributed by atoms with van der Waals surface area (Å²) < 4.78 is 0. The smallest absolute Gasteiger partial charge is 0.0677 e. The molecule has 0 bridgehead atoms. The molecule has 6 rings (SSSR count). The summed E-state index contributed by atoms with van der Waals surface area (Å²) in [7, 11) is 0. The fourth-order valence-electron chi connectivity index (χ4n) is 5.11. The van der Waals surface area contributed by atoms with E-state index in [0.717, 1.165) is 54.3 Å². The lowest BCUT2D eigenvalue weighted by Crippen LogP contribution is -1.95. The molecular weight excluding hydrogens is 748 g/mol. The second kappa shape index (κ2) is 14.0. The van der Waals surface area contributed by atoms with Crippen molar-refractivity contribution < 1.29 is 0 Å². The Morgan fingerprint density at radius 2 is 0.689 bits per heavy atom. The van der Waals surface area contributed by atoms with Gasteiger partial charge in [-0.05, 0) is 58.7 Å². The van der Waals surface area contributed by atoms with Gasteiger partial charge in [-0.15, -0.1) is 0 Å². The van der Waals surface area contributed by atoms with Crippen molar-refractivity contribution in [3.05, 3.63) is 149 Å². The molecule has 6 aromatic rings. The molecule has 0 aromatic heterocycles. The maximum Gasteiger partial charge on any atom is 0.0677 e. The van der Waals surface area contributed by atoms with Crippen LogP contribution in [-0.2, 0) is 0 Å². The lowest BCUT2D eigenvalue weighted by atomic mass is 9.94. The van der Waals surface area contributed by atoms with Gasteiger partial charge in [0.2, 0.25) is 0 Å². The summed E-state index contributed by atoms with van der Waals surface area (Å²) in [6.07, 6.45) is 0. The van der Waals surface area contributed by atoms with E-state index >= 15 is 0 Å². The quantitative estimate of drug-likeness (QED) is 0.163. The number of benzene rings is 6. The normalized spacial score (nSPS) is 11.2. The van der Waals surface area contributed by atoms with Crippen LogP contribution in [0.2, 0.25) is 40.2 Å². The van der Waals surface area contributed by atoms with E-state index in [4.69, 9.17) is 92.8 Å². The molecular formula is C36H18Cl8S. The van der Waals surface area contributed by atoms with Gasteiger partial charge < -0.3 is 0 Å². The second-order valence-corrected chi connectivity index (χ2v) is 14.2. The molecule has 0 fully saturated rings. The summed E-state index contributed by atoms with van der Waals surface area (Å²) in [6, 6.07) is 34.3. The maximum absolute atomic E-state index is 6.97. The Labute approximate surface area is 305 Å². The molecule has 0 saturated heterocycles. The Hall–Kier alpha value is -2.01. The van der Waals surface area contributed by atoms with Crippen molar-refractivity contribution in [3.63, 3.8) is 0 Å². The summed E-state index contributed by atoms with van der Waals surface area (Å²) in [4.78, 5) is 1.61. The third-order valence-electron chi connectivity index (χ3n) is 7.13. The van der Waals surface area contributed by atoms with Gasteiger partial charge in [0.1, 0.15) is 0 Å². The van der Waals surface area contributed by atoms with Crippen LogP contribution in [-0.4, -0.2) is 0 Å². The van der Waals surface area contributed by atoms with Crippen LogP contribution in [0.3, 0.4) is 0 Å². The maximum atomic E-state index is 6.97. The fourth-order valence-corrected chi connectivity index (χ4v) is 8.00. The summed E-state index contributed by atoms with van der Waals surface area (Å²) in [5.41, 5.74) is 6.55. The minimum atomic E-state index is 0.390. The first-order valence-corrected chi connectivity index (χ1v) is 17.2. The minimum Gasteiger partial charge on any atom is -0.0886 e. The number of hydrogen-bond donors (Lipinski definition) is 0. The van der Waals surface area contributed by atoms with E-state index in [1.54, 1.807) is 12.1 Å². The Morgan fingerprint density at radius 3 is 1.04 bits per heavy atom. The van der Waals surface area contributed by atoms with Crippen molar-refractivity contribution >= 4 is 105 Å². The van der Waals surface area contributed by atoms with Crippen molar-refractivity contribution in [1.29, 1.82) is 0 Å². The van der Waals surface area contributed by atoms with Gasteiger partial charge in [-0.3, -0.25) is 0 Å². The highest BCUT2D eigenvalue weighted by molar-refractivity contribution is 7.99. The molecule has 224 valence electrons. The lowest BCUT2D eigenvalue weighted by Gasteiger charge is -2.22. The van der Waals surface area contributed by atoms with E-state index in [-0.39, 0.29) is 0 Å². The molecule has 0 amide bonds. The van der Waals surface area contributed by atoms with Gasteiger partial charge in [-0.25, -0.2) is 0 Å². The first-order valence-electron chi connectivity index (χ1n) is 13.4. The molecule has 0 heterocycles. The predicted octanol–water partition coefficient (Wildman–Crippen LogP) is 15.7. The van der Waals surface area contributed by atoms with E-state index in [0.29, 0.717) is 40.2 Å². The van der Waals surface area contributed by atoms with Crippen molar-refractivity contribution in [2.75, 3.05) is 0 Å². The minimum absolute atomic E-state index is 0.390. The highest BCUT2D eigenvalue weighted by atomic mass is 35.5. The number of hydrogen-bond acceptors (Lipinski definition) is 1. The average molecular weight is 766 g/mol. The first kappa shape index (κ1) is 32.9. The molecule has 6 aromatic carbocycles. The monoisotopic (exact) mass is 762 g/mol. The predicted molar refractivity (Wildman–Crippen MR) is 199 cm³/mol. The Morgan fingerprint density at radius 1 is 0.311 bits per heavy atom. The van der Waals surface area contributed by atoms with Crippen LogP contribution < -0.4 is 0 Å². The molecule has 0 N–H and O–H groups in total. The zero-order chi connectivity index (χ0) is 31.8. The van der Waals surface area contributed by atoms with Gasteiger partial charge in [0.25, 0.3) is 0 Å². The van der Waals surface area contributed by atoms with Crippen LogP contribution in [0, 0.1) is 0 Å². The topological polar surface area (TPSA) is 0 Å². The van der Waals surface area contributed by atoms with E-state index in [2.05, 4.69) is 0 Å². The van der Waals surface area contributed by atoms with Gasteiger partial charge in [0.15, 0.2) is 0 Å². The first-order chi connectivity index (χ1) is 21.6.